The molecular weight excluding hydrogens is 623 g/mol. The number of benzene rings is 5. The lowest BCUT2D eigenvalue weighted by Crippen LogP contribution is -1.92. The molecule has 0 spiro atoms. The molecule has 10 rings (SSSR count). The summed E-state index contributed by atoms with van der Waals surface area (Å²) in [5, 5.41) is 6.29. The van der Waals surface area contributed by atoms with Gasteiger partial charge < -0.3 is 0 Å². The summed E-state index contributed by atoms with van der Waals surface area (Å²) in [6.07, 6.45) is 12.7. The van der Waals surface area contributed by atoms with Crippen LogP contribution in [0.2, 0.25) is 0 Å². The van der Waals surface area contributed by atoms with Crippen molar-refractivity contribution < 1.29 is 0 Å². The summed E-state index contributed by atoms with van der Waals surface area (Å²) >= 11 is 3.69. The highest BCUT2D eigenvalue weighted by molar-refractivity contribution is 7.26. The van der Waals surface area contributed by atoms with E-state index in [1.807, 2.05) is 41.3 Å². The molecule has 0 amide bonds. The van der Waals surface area contributed by atoms with Gasteiger partial charge in [0.05, 0.1) is 5.69 Å². The first kappa shape index (κ1) is 27.6. The summed E-state index contributed by atoms with van der Waals surface area (Å²) in [5.41, 5.74) is 9.13. The fourth-order valence-electron chi connectivity index (χ4n) is 7.17. The quantitative estimate of drug-likeness (QED) is 0.190. The predicted octanol–water partition coefficient (Wildman–Crippen LogP) is 12.2. The Morgan fingerprint density at radius 1 is 0.521 bits per heavy atom. The molecular formula is C43H27N3S2. The summed E-state index contributed by atoms with van der Waals surface area (Å²) in [5.74, 6) is 0.772. The van der Waals surface area contributed by atoms with Crippen molar-refractivity contribution in [2.45, 2.75) is 12.8 Å². The lowest BCUT2D eigenvalue weighted by atomic mass is 9.96. The van der Waals surface area contributed by atoms with Gasteiger partial charge in [0.25, 0.3) is 0 Å². The van der Waals surface area contributed by atoms with E-state index in [0.717, 1.165) is 52.2 Å². The van der Waals surface area contributed by atoms with Crippen molar-refractivity contribution in [3.05, 3.63) is 144 Å². The highest BCUT2D eigenvalue weighted by Gasteiger charge is 2.17. The maximum absolute atomic E-state index is 4.95. The molecule has 0 saturated carbocycles. The van der Waals surface area contributed by atoms with Gasteiger partial charge in [-0.25, -0.2) is 9.97 Å². The minimum Gasteiger partial charge on any atom is -0.256 e. The lowest BCUT2D eigenvalue weighted by molar-refractivity contribution is 1.01. The van der Waals surface area contributed by atoms with E-state index in [1.54, 1.807) is 0 Å². The van der Waals surface area contributed by atoms with Crippen LogP contribution in [-0.4, -0.2) is 15.0 Å². The number of aromatic nitrogens is 3. The fraction of sp³-hybridized carbons (Fsp3) is 0.0465. The molecule has 0 unspecified atom stereocenters. The van der Waals surface area contributed by atoms with Crippen molar-refractivity contribution in [1.29, 1.82) is 0 Å². The molecule has 5 heteroatoms. The molecule has 0 bridgehead atoms. The highest BCUT2D eigenvalue weighted by Crippen LogP contribution is 2.41. The summed E-state index contributed by atoms with van der Waals surface area (Å²) in [6, 6.07) is 39.1. The maximum atomic E-state index is 4.95. The molecule has 3 nitrogen and oxygen atoms in total. The molecule has 0 saturated heterocycles. The van der Waals surface area contributed by atoms with Crippen LogP contribution < -0.4 is 0 Å². The SMILES string of the molecule is C1=Cc2sc3c(-c4ncc(-c5cccc6cc(-c7ccc(-c8cccc9c8sc8ccccc89)nc7)ccc56)cn4)cccc3c2CC1. The van der Waals surface area contributed by atoms with E-state index < -0.39 is 0 Å². The topological polar surface area (TPSA) is 38.7 Å². The van der Waals surface area contributed by atoms with Crippen LogP contribution >= 0.6 is 22.7 Å². The van der Waals surface area contributed by atoms with Crippen molar-refractivity contribution in [2.24, 2.45) is 0 Å². The number of rotatable bonds is 4. The highest BCUT2D eigenvalue weighted by atomic mass is 32.1. The van der Waals surface area contributed by atoms with Crippen LogP contribution in [0.15, 0.2) is 134 Å². The standard InChI is InChI=1S/C43H27N3S2/c1-3-16-39-32(9-1)34-12-6-14-36(41(34)47-39)38-21-19-28(23-44-38)26-18-20-31-27(22-26)8-5-11-30(31)29-24-45-43(46-25-29)37-15-7-13-35-33-10-2-4-17-40(33)48-42(35)37/h1,3-9,11-25H,2,10H2. The van der Waals surface area contributed by atoms with Crippen LogP contribution in [0.1, 0.15) is 16.9 Å². The van der Waals surface area contributed by atoms with Gasteiger partial charge in [0.1, 0.15) is 0 Å². The minimum atomic E-state index is 0.772. The van der Waals surface area contributed by atoms with E-state index in [1.165, 1.54) is 57.0 Å². The molecule has 226 valence electrons. The number of pyridine rings is 1. The Morgan fingerprint density at radius 3 is 2.17 bits per heavy atom. The molecule has 1 aliphatic carbocycles. The zero-order chi connectivity index (χ0) is 31.6. The number of hydrogen-bond acceptors (Lipinski definition) is 5. The third-order valence-corrected chi connectivity index (χ3v) is 12.0. The molecule has 0 radical (unpaired) electrons. The second kappa shape index (κ2) is 11.1. The van der Waals surface area contributed by atoms with E-state index in [-0.39, 0.29) is 0 Å². The second-order valence-corrected chi connectivity index (χ2v) is 14.4. The first-order valence-corrected chi connectivity index (χ1v) is 17.9. The molecule has 0 fully saturated rings. The normalized spacial score (nSPS) is 12.8. The van der Waals surface area contributed by atoms with E-state index in [0.29, 0.717) is 0 Å². The Labute approximate surface area is 285 Å². The Kier molecular flexibility index (Phi) is 6.36. The van der Waals surface area contributed by atoms with Gasteiger partial charge in [-0.15, -0.1) is 22.7 Å². The van der Waals surface area contributed by atoms with Gasteiger partial charge in [-0.05, 0) is 76.0 Å². The van der Waals surface area contributed by atoms with Crippen molar-refractivity contribution in [1.82, 2.24) is 15.0 Å². The van der Waals surface area contributed by atoms with Gasteiger partial charge in [0, 0.05) is 70.6 Å². The largest absolute Gasteiger partial charge is 0.256 e. The predicted molar refractivity (Wildman–Crippen MR) is 205 cm³/mol. The molecule has 48 heavy (non-hydrogen) atoms. The number of fused-ring (bicyclic) bond motifs is 7. The van der Waals surface area contributed by atoms with Gasteiger partial charge in [0.15, 0.2) is 5.82 Å². The Hall–Kier alpha value is -5.49. The second-order valence-electron chi connectivity index (χ2n) is 12.3. The average molecular weight is 650 g/mol. The number of hydrogen-bond donors (Lipinski definition) is 0. The average Bonchev–Trinajstić information content (AvgIpc) is 3.73. The first-order chi connectivity index (χ1) is 23.8. The van der Waals surface area contributed by atoms with Gasteiger partial charge in [0.2, 0.25) is 0 Å². The Balaban J connectivity index is 0.966. The van der Waals surface area contributed by atoms with E-state index >= 15 is 0 Å². The van der Waals surface area contributed by atoms with Crippen molar-refractivity contribution in [2.75, 3.05) is 0 Å². The van der Waals surface area contributed by atoms with Crippen LogP contribution in [0.5, 0.6) is 0 Å². The monoisotopic (exact) mass is 649 g/mol. The van der Waals surface area contributed by atoms with Crippen molar-refractivity contribution in [3.8, 4) is 44.9 Å². The minimum absolute atomic E-state index is 0.772. The number of thiophene rings is 2. The van der Waals surface area contributed by atoms with Crippen molar-refractivity contribution in [3.63, 3.8) is 0 Å². The zero-order valence-electron chi connectivity index (χ0n) is 25.9. The molecule has 5 aromatic carbocycles. The van der Waals surface area contributed by atoms with Gasteiger partial charge in [-0.3, -0.25) is 4.98 Å². The van der Waals surface area contributed by atoms with Crippen LogP contribution in [0.4, 0.5) is 0 Å². The molecule has 0 aliphatic heterocycles. The molecule has 0 atom stereocenters. The first-order valence-electron chi connectivity index (χ1n) is 16.2. The number of nitrogens with zero attached hydrogens (tertiary/aromatic N) is 3. The zero-order valence-corrected chi connectivity index (χ0v) is 27.5. The Morgan fingerprint density at radius 2 is 1.27 bits per heavy atom. The van der Waals surface area contributed by atoms with Crippen LogP contribution in [0.25, 0.3) is 92.0 Å². The van der Waals surface area contributed by atoms with Crippen molar-refractivity contribution >= 4 is 69.8 Å². The number of allylic oxidation sites excluding steroid dienone is 1. The molecule has 1 aliphatic rings. The molecule has 4 heterocycles. The van der Waals surface area contributed by atoms with Gasteiger partial charge in [-0.1, -0.05) is 91.0 Å². The fourth-order valence-corrected chi connectivity index (χ4v) is 9.68. The molecule has 9 aromatic rings. The Bertz CT molecular complexity index is 2720. The van der Waals surface area contributed by atoms with E-state index in [9.17, 15) is 0 Å². The smallest absolute Gasteiger partial charge is 0.160 e. The molecule has 0 N–H and O–H groups in total. The maximum Gasteiger partial charge on any atom is 0.160 e. The third kappa shape index (κ3) is 4.43. The summed E-state index contributed by atoms with van der Waals surface area (Å²) in [7, 11) is 0. The summed E-state index contributed by atoms with van der Waals surface area (Å²) in [4.78, 5) is 16.1. The van der Waals surface area contributed by atoms with Crippen LogP contribution in [-0.2, 0) is 6.42 Å². The number of aryl methyl sites for hydroxylation is 1. The molecule has 4 aromatic heterocycles. The van der Waals surface area contributed by atoms with Gasteiger partial charge in [-0.2, -0.15) is 0 Å². The third-order valence-electron chi connectivity index (χ3n) is 9.54. The van der Waals surface area contributed by atoms with Gasteiger partial charge >= 0.3 is 0 Å². The van der Waals surface area contributed by atoms with Crippen LogP contribution in [0, 0.1) is 0 Å². The summed E-state index contributed by atoms with van der Waals surface area (Å²) in [6.45, 7) is 0. The van der Waals surface area contributed by atoms with Crippen LogP contribution in [0.3, 0.4) is 0 Å². The summed E-state index contributed by atoms with van der Waals surface area (Å²) < 4.78 is 3.87. The van der Waals surface area contributed by atoms with E-state index in [2.05, 4.69) is 121 Å². The van der Waals surface area contributed by atoms with E-state index in [4.69, 9.17) is 15.0 Å². The lowest BCUT2D eigenvalue weighted by Gasteiger charge is -2.10.